The van der Waals surface area contributed by atoms with E-state index in [0.29, 0.717) is 5.92 Å². The number of aliphatic hydroxyl groups is 1. The van der Waals surface area contributed by atoms with Crippen molar-refractivity contribution in [3.63, 3.8) is 0 Å². The van der Waals surface area contributed by atoms with Gasteiger partial charge in [-0.05, 0) is 30.7 Å². The zero-order valence-corrected chi connectivity index (χ0v) is 10.5. The van der Waals surface area contributed by atoms with Crippen molar-refractivity contribution in [3.8, 4) is 0 Å². The molecule has 2 aliphatic rings. The van der Waals surface area contributed by atoms with E-state index >= 15 is 0 Å². The molecule has 1 heterocycles. The van der Waals surface area contributed by atoms with Crippen LogP contribution < -0.4 is 0 Å². The van der Waals surface area contributed by atoms with Gasteiger partial charge in [-0.25, -0.2) is 0 Å². The summed E-state index contributed by atoms with van der Waals surface area (Å²) in [6.07, 6.45) is 2.95. The zero-order chi connectivity index (χ0) is 12.5. The molecule has 2 fully saturated rings. The minimum absolute atomic E-state index is 0.0644. The second kappa shape index (κ2) is 4.73. The summed E-state index contributed by atoms with van der Waals surface area (Å²) in [6, 6.07) is 10.3. The number of rotatable bonds is 3. The third-order valence-electron chi connectivity index (χ3n) is 4.21. The summed E-state index contributed by atoms with van der Waals surface area (Å²) >= 11 is 0. The SMILES string of the molecule is O=C(C1CC1c1ccccc1)N1CCC[C@H]1CO. The van der Waals surface area contributed by atoms with Crippen LogP contribution in [0.4, 0.5) is 0 Å². The normalized spacial score (nSPS) is 30.5. The maximum absolute atomic E-state index is 12.4. The van der Waals surface area contributed by atoms with Crippen molar-refractivity contribution in [1.82, 2.24) is 4.90 Å². The number of aliphatic hydroxyl groups excluding tert-OH is 1. The van der Waals surface area contributed by atoms with Gasteiger partial charge in [0, 0.05) is 12.5 Å². The Morgan fingerprint density at radius 2 is 2.11 bits per heavy atom. The molecule has 3 atom stereocenters. The third-order valence-corrected chi connectivity index (χ3v) is 4.21. The maximum atomic E-state index is 12.4. The molecule has 0 aromatic heterocycles. The van der Waals surface area contributed by atoms with Crippen LogP contribution in [0.3, 0.4) is 0 Å². The van der Waals surface area contributed by atoms with Gasteiger partial charge in [-0.1, -0.05) is 30.3 Å². The molecule has 1 aromatic rings. The van der Waals surface area contributed by atoms with Gasteiger partial charge in [-0.2, -0.15) is 0 Å². The molecule has 1 N–H and O–H groups in total. The van der Waals surface area contributed by atoms with Crippen molar-refractivity contribution in [2.75, 3.05) is 13.2 Å². The highest BCUT2D eigenvalue weighted by Crippen LogP contribution is 2.49. The molecule has 1 saturated heterocycles. The average molecular weight is 245 g/mol. The maximum Gasteiger partial charge on any atom is 0.226 e. The topological polar surface area (TPSA) is 40.5 Å². The second-order valence-corrected chi connectivity index (χ2v) is 5.37. The Bertz CT molecular complexity index is 431. The predicted molar refractivity (Wildman–Crippen MR) is 69.1 cm³/mol. The lowest BCUT2D eigenvalue weighted by Crippen LogP contribution is -2.38. The molecular formula is C15H19NO2. The van der Waals surface area contributed by atoms with Gasteiger partial charge in [-0.15, -0.1) is 0 Å². The Balaban J connectivity index is 1.66. The molecule has 0 spiro atoms. The predicted octanol–water partition coefficient (Wildman–Crippen LogP) is 1.77. The summed E-state index contributed by atoms with van der Waals surface area (Å²) in [6.45, 7) is 0.927. The van der Waals surface area contributed by atoms with E-state index in [0.717, 1.165) is 25.8 Å². The number of hydrogen-bond donors (Lipinski definition) is 1. The highest BCUT2D eigenvalue weighted by atomic mass is 16.3. The molecule has 3 nitrogen and oxygen atoms in total. The van der Waals surface area contributed by atoms with Crippen LogP contribution in [0, 0.1) is 5.92 Å². The standard InChI is InChI=1S/C15H19NO2/c17-10-12-7-4-8-16(12)15(18)14-9-13(14)11-5-2-1-3-6-11/h1-3,5-6,12-14,17H,4,7-10H2/t12-,13?,14?/m0/s1. The van der Waals surface area contributed by atoms with Crippen LogP contribution in [0.5, 0.6) is 0 Å². The van der Waals surface area contributed by atoms with Crippen molar-refractivity contribution < 1.29 is 9.90 Å². The van der Waals surface area contributed by atoms with Crippen LogP contribution >= 0.6 is 0 Å². The lowest BCUT2D eigenvalue weighted by atomic mass is 10.1. The van der Waals surface area contributed by atoms with Gasteiger partial charge >= 0.3 is 0 Å². The molecule has 3 rings (SSSR count). The molecule has 1 aliphatic carbocycles. The smallest absolute Gasteiger partial charge is 0.226 e. The number of nitrogens with zero attached hydrogens (tertiary/aromatic N) is 1. The second-order valence-electron chi connectivity index (χ2n) is 5.37. The van der Waals surface area contributed by atoms with Crippen molar-refractivity contribution in [1.29, 1.82) is 0 Å². The fourth-order valence-corrected chi connectivity index (χ4v) is 3.07. The molecule has 1 aromatic carbocycles. The Labute approximate surface area is 107 Å². The third kappa shape index (κ3) is 2.03. The summed E-state index contributed by atoms with van der Waals surface area (Å²) in [5, 5.41) is 9.28. The molecular weight excluding hydrogens is 226 g/mol. The molecule has 1 aliphatic heterocycles. The summed E-state index contributed by atoms with van der Waals surface area (Å²) in [4.78, 5) is 14.3. The van der Waals surface area contributed by atoms with E-state index in [1.54, 1.807) is 0 Å². The summed E-state index contributed by atoms with van der Waals surface area (Å²) in [5.74, 6) is 0.804. The van der Waals surface area contributed by atoms with Gasteiger partial charge in [0.1, 0.15) is 0 Å². The van der Waals surface area contributed by atoms with Crippen molar-refractivity contribution in [3.05, 3.63) is 35.9 Å². The van der Waals surface area contributed by atoms with Gasteiger partial charge in [0.05, 0.1) is 12.6 Å². The zero-order valence-electron chi connectivity index (χ0n) is 10.5. The summed E-state index contributed by atoms with van der Waals surface area (Å²) in [5.41, 5.74) is 1.27. The van der Waals surface area contributed by atoms with Gasteiger partial charge in [0.15, 0.2) is 0 Å². The number of likely N-dealkylation sites (tertiary alicyclic amines) is 1. The van der Waals surface area contributed by atoms with Crippen LogP contribution in [0.25, 0.3) is 0 Å². The van der Waals surface area contributed by atoms with Gasteiger partial charge in [0.25, 0.3) is 0 Å². The highest BCUT2D eigenvalue weighted by Gasteiger charge is 2.47. The molecule has 2 unspecified atom stereocenters. The number of carbonyl (C=O) groups excluding carboxylic acids is 1. The minimum Gasteiger partial charge on any atom is -0.394 e. The van der Waals surface area contributed by atoms with Gasteiger partial charge in [-0.3, -0.25) is 4.79 Å². The van der Waals surface area contributed by atoms with Gasteiger partial charge in [0.2, 0.25) is 5.91 Å². The Kier molecular flexibility index (Phi) is 3.08. The first kappa shape index (κ1) is 11.7. The van der Waals surface area contributed by atoms with Crippen molar-refractivity contribution >= 4 is 5.91 Å². The number of benzene rings is 1. The van der Waals surface area contributed by atoms with Crippen molar-refractivity contribution in [2.24, 2.45) is 5.92 Å². The number of amides is 1. The van der Waals surface area contributed by atoms with E-state index in [1.807, 2.05) is 23.1 Å². The number of hydrogen-bond acceptors (Lipinski definition) is 2. The largest absolute Gasteiger partial charge is 0.394 e. The molecule has 3 heteroatoms. The van der Waals surface area contributed by atoms with Crippen LogP contribution in [0.15, 0.2) is 30.3 Å². The first-order valence-corrected chi connectivity index (χ1v) is 6.77. The van der Waals surface area contributed by atoms with Crippen LogP contribution in [0.1, 0.15) is 30.7 Å². The fourth-order valence-electron chi connectivity index (χ4n) is 3.07. The first-order valence-electron chi connectivity index (χ1n) is 6.77. The lowest BCUT2D eigenvalue weighted by molar-refractivity contribution is -0.134. The summed E-state index contributed by atoms with van der Waals surface area (Å²) < 4.78 is 0. The van der Waals surface area contributed by atoms with E-state index in [4.69, 9.17) is 0 Å². The Hall–Kier alpha value is -1.35. The summed E-state index contributed by atoms with van der Waals surface area (Å²) in [7, 11) is 0. The van der Waals surface area contributed by atoms with E-state index in [1.165, 1.54) is 5.56 Å². The van der Waals surface area contributed by atoms with E-state index in [9.17, 15) is 9.90 Å². The average Bonchev–Trinajstić information content (AvgIpc) is 3.08. The Morgan fingerprint density at radius 1 is 1.33 bits per heavy atom. The first-order chi connectivity index (χ1) is 8.81. The van der Waals surface area contributed by atoms with Gasteiger partial charge < -0.3 is 10.0 Å². The highest BCUT2D eigenvalue weighted by molar-refractivity contribution is 5.83. The molecule has 0 bridgehead atoms. The molecule has 1 amide bonds. The minimum atomic E-state index is 0.0644. The van der Waals surface area contributed by atoms with E-state index in [-0.39, 0.29) is 24.5 Å². The molecule has 18 heavy (non-hydrogen) atoms. The fraction of sp³-hybridized carbons (Fsp3) is 0.533. The molecule has 0 radical (unpaired) electrons. The molecule has 1 saturated carbocycles. The van der Waals surface area contributed by atoms with Crippen molar-refractivity contribution in [2.45, 2.75) is 31.2 Å². The molecule has 96 valence electrons. The Morgan fingerprint density at radius 3 is 2.83 bits per heavy atom. The van der Waals surface area contributed by atoms with Crippen LogP contribution in [-0.2, 0) is 4.79 Å². The van der Waals surface area contributed by atoms with Crippen LogP contribution in [-0.4, -0.2) is 35.1 Å². The van der Waals surface area contributed by atoms with E-state index in [2.05, 4.69) is 12.1 Å². The quantitative estimate of drug-likeness (QED) is 0.881. The van der Waals surface area contributed by atoms with Crippen LogP contribution in [0.2, 0.25) is 0 Å². The van der Waals surface area contributed by atoms with E-state index < -0.39 is 0 Å². The lowest BCUT2D eigenvalue weighted by Gasteiger charge is -2.23. The number of carbonyl (C=O) groups is 1. The monoisotopic (exact) mass is 245 g/mol.